The summed E-state index contributed by atoms with van der Waals surface area (Å²) in [4.78, 5) is 40.9. The van der Waals surface area contributed by atoms with Gasteiger partial charge in [0.1, 0.15) is 12.2 Å². The molecule has 8 nitrogen and oxygen atoms in total. The Balaban J connectivity index is 1.27. The molecule has 2 heterocycles. The number of aliphatic carboxylic acids is 1. The SMILES string of the molecule is CC(C)(C)OC(=O)N1CC2CN(C(=O)OCC3c4ccccc4-c4ccccc43)CC(C(=O)O)C2C1. The molecule has 0 aromatic heterocycles. The smallest absolute Gasteiger partial charge is 0.410 e. The Hall–Kier alpha value is -3.55. The van der Waals surface area contributed by atoms with Crippen LogP contribution in [0, 0.1) is 17.8 Å². The molecule has 0 spiro atoms. The van der Waals surface area contributed by atoms with Crippen LogP contribution in [0.15, 0.2) is 48.5 Å². The molecule has 2 saturated heterocycles. The van der Waals surface area contributed by atoms with Gasteiger partial charge in [0.25, 0.3) is 0 Å². The van der Waals surface area contributed by atoms with Gasteiger partial charge in [0, 0.05) is 32.1 Å². The van der Waals surface area contributed by atoms with E-state index in [1.807, 2.05) is 24.3 Å². The van der Waals surface area contributed by atoms with Gasteiger partial charge < -0.3 is 24.4 Å². The summed E-state index contributed by atoms with van der Waals surface area (Å²) in [6, 6.07) is 16.2. The molecule has 5 rings (SSSR count). The Kier molecular flexibility index (Phi) is 6.14. The summed E-state index contributed by atoms with van der Waals surface area (Å²) in [5.74, 6) is -2.17. The van der Waals surface area contributed by atoms with Crippen molar-refractivity contribution in [3.63, 3.8) is 0 Å². The normalized spacial score (nSPS) is 23.0. The Morgan fingerprint density at radius 1 is 0.861 bits per heavy atom. The summed E-state index contributed by atoms with van der Waals surface area (Å²) < 4.78 is 11.3. The van der Waals surface area contributed by atoms with Gasteiger partial charge >= 0.3 is 18.2 Å². The lowest BCUT2D eigenvalue weighted by molar-refractivity contribution is -0.146. The lowest BCUT2D eigenvalue weighted by Crippen LogP contribution is -2.51. The minimum absolute atomic E-state index is 0.0648. The number of hydrogen-bond donors (Lipinski definition) is 1. The Labute approximate surface area is 210 Å². The van der Waals surface area contributed by atoms with Crippen LogP contribution in [-0.2, 0) is 14.3 Å². The van der Waals surface area contributed by atoms with Crippen LogP contribution in [0.1, 0.15) is 37.8 Å². The number of carboxylic acid groups (broad SMARTS) is 1. The first-order valence-corrected chi connectivity index (χ1v) is 12.4. The summed E-state index contributed by atoms with van der Waals surface area (Å²) in [7, 11) is 0. The molecule has 2 aliphatic heterocycles. The molecule has 3 unspecified atom stereocenters. The van der Waals surface area contributed by atoms with Gasteiger partial charge in [-0.2, -0.15) is 0 Å². The van der Waals surface area contributed by atoms with Crippen LogP contribution in [0.5, 0.6) is 0 Å². The fourth-order valence-corrected chi connectivity index (χ4v) is 5.85. The van der Waals surface area contributed by atoms with Gasteiger partial charge in [0.2, 0.25) is 0 Å². The number of rotatable bonds is 3. The van der Waals surface area contributed by atoms with E-state index in [1.54, 1.807) is 25.7 Å². The van der Waals surface area contributed by atoms with Crippen LogP contribution in [0.2, 0.25) is 0 Å². The number of carboxylic acids is 1. The number of likely N-dealkylation sites (tertiary alicyclic amines) is 2. The predicted octanol–water partition coefficient (Wildman–Crippen LogP) is 4.44. The number of carbonyl (C=O) groups is 3. The largest absolute Gasteiger partial charge is 0.481 e. The fourth-order valence-electron chi connectivity index (χ4n) is 5.85. The van der Waals surface area contributed by atoms with E-state index in [1.165, 1.54) is 4.90 Å². The molecule has 0 saturated carbocycles. The minimum Gasteiger partial charge on any atom is -0.481 e. The molecular formula is C28H32N2O6. The quantitative estimate of drug-likeness (QED) is 0.681. The molecule has 0 bridgehead atoms. The Morgan fingerprint density at radius 3 is 1.97 bits per heavy atom. The van der Waals surface area contributed by atoms with E-state index in [0.717, 1.165) is 22.3 Å². The van der Waals surface area contributed by atoms with Gasteiger partial charge in [-0.3, -0.25) is 4.79 Å². The third-order valence-electron chi connectivity index (χ3n) is 7.44. The number of benzene rings is 2. The molecule has 0 radical (unpaired) electrons. The van der Waals surface area contributed by atoms with Crippen molar-refractivity contribution in [2.75, 3.05) is 32.8 Å². The highest BCUT2D eigenvalue weighted by Crippen LogP contribution is 2.44. The van der Waals surface area contributed by atoms with Crippen molar-refractivity contribution in [1.82, 2.24) is 9.80 Å². The summed E-state index contributed by atoms with van der Waals surface area (Å²) in [5.41, 5.74) is 3.91. The second kappa shape index (κ2) is 9.15. The second-order valence-electron chi connectivity index (χ2n) is 11.0. The van der Waals surface area contributed by atoms with E-state index in [2.05, 4.69) is 24.3 Å². The van der Waals surface area contributed by atoms with Gasteiger partial charge in [-0.15, -0.1) is 0 Å². The monoisotopic (exact) mass is 492 g/mol. The topological polar surface area (TPSA) is 96.4 Å². The maximum atomic E-state index is 13.1. The van der Waals surface area contributed by atoms with Gasteiger partial charge in [0.15, 0.2) is 0 Å². The highest BCUT2D eigenvalue weighted by molar-refractivity contribution is 5.79. The number of fused-ring (bicyclic) bond motifs is 4. The molecule has 2 aromatic rings. The van der Waals surface area contributed by atoms with E-state index in [4.69, 9.17) is 9.47 Å². The lowest BCUT2D eigenvalue weighted by atomic mass is 9.80. The highest BCUT2D eigenvalue weighted by Gasteiger charge is 2.49. The summed E-state index contributed by atoms with van der Waals surface area (Å²) in [5, 5.41) is 9.90. The number of amides is 2. The van der Waals surface area contributed by atoms with Crippen molar-refractivity contribution in [1.29, 1.82) is 0 Å². The van der Waals surface area contributed by atoms with Crippen LogP contribution in [0.3, 0.4) is 0 Å². The number of nitrogens with zero attached hydrogens (tertiary/aromatic N) is 2. The standard InChI is InChI=1S/C28H32N2O6/c1-28(2,3)36-27(34)30-13-17-12-29(15-23(25(31)32)22(17)14-30)26(33)35-16-24-20-10-6-4-8-18(20)19-9-5-7-11-21(19)24/h4-11,17,22-24H,12-16H2,1-3H3,(H,31,32). The van der Waals surface area contributed by atoms with Crippen LogP contribution < -0.4 is 0 Å². The third-order valence-corrected chi connectivity index (χ3v) is 7.44. The predicted molar refractivity (Wildman–Crippen MR) is 133 cm³/mol. The first-order valence-electron chi connectivity index (χ1n) is 12.4. The first-order chi connectivity index (χ1) is 17.1. The maximum Gasteiger partial charge on any atom is 0.410 e. The summed E-state index contributed by atoms with van der Waals surface area (Å²) in [6.07, 6.45) is -0.967. The zero-order valence-corrected chi connectivity index (χ0v) is 20.8. The average Bonchev–Trinajstić information content (AvgIpc) is 3.40. The second-order valence-corrected chi connectivity index (χ2v) is 11.0. The molecule has 2 amide bonds. The third kappa shape index (κ3) is 4.52. The highest BCUT2D eigenvalue weighted by atomic mass is 16.6. The van der Waals surface area contributed by atoms with Crippen LogP contribution in [0.25, 0.3) is 11.1 Å². The molecular weight excluding hydrogens is 460 g/mol. The van der Waals surface area contributed by atoms with Crippen molar-refractivity contribution in [3.8, 4) is 11.1 Å². The molecule has 1 N–H and O–H groups in total. The van der Waals surface area contributed by atoms with E-state index >= 15 is 0 Å². The number of carbonyl (C=O) groups excluding carboxylic acids is 2. The van der Waals surface area contributed by atoms with E-state index in [-0.39, 0.29) is 30.9 Å². The average molecular weight is 493 g/mol. The summed E-state index contributed by atoms with van der Waals surface area (Å²) in [6.45, 7) is 6.66. The Bertz CT molecular complexity index is 1140. The van der Waals surface area contributed by atoms with E-state index < -0.39 is 29.7 Å². The van der Waals surface area contributed by atoms with Crippen LogP contribution in [-0.4, -0.2) is 71.4 Å². The minimum atomic E-state index is -0.966. The van der Waals surface area contributed by atoms with Crippen molar-refractivity contribution in [3.05, 3.63) is 59.7 Å². The zero-order chi connectivity index (χ0) is 25.6. The number of piperidine rings is 1. The zero-order valence-electron chi connectivity index (χ0n) is 20.8. The van der Waals surface area contributed by atoms with Crippen LogP contribution in [0.4, 0.5) is 9.59 Å². The molecule has 2 fully saturated rings. The van der Waals surface area contributed by atoms with Crippen molar-refractivity contribution in [2.24, 2.45) is 17.8 Å². The van der Waals surface area contributed by atoms with Crippen LogP contribution >= 0.6 is 0 Å². The van der Waals surface area contributed by atoms with E-state index in [9.17, 15) is 19.5 Å². The van der Waals surface area contributed by atoms with Gasteiger partial charge in [-0.1, -0.05) is 48.5 Å². The summed E-state index contributed by atoms with van der Waals surface area (Å²) >= 11 is 0. The maximum absolute atomic E-state index is 13.1. The van der Waals surface area contributed by atoms with Gasteiger partial charge in [0.05, 0.1) is 5.92 Å². The van der Waals surface area contributed by atoms with Gasteiger partial charge in [-0.05, 0) is 54.9 Å². The Morgan fingerprint density at radius 2 is 1.42 bits per heavy atom. The lowest BCUT2D eigenvalue weighted by Gasteiger charge is -2.37. The molecule has 3 atom stereocenters. The molecule has 1 aliphatic carbocycles. The molecule has 2 aromatic carbocycles. The van der Waals surface area contributed by atoms with Crippen molar-refractivity contribution >= 4 is 18.2 Å². The van der Waals surface area contributed by atoms with Crippen molar-refractivity contribution < 1.29 is 29.0 Å². The molecule has 8 heteroatoms. The molecule has 190 valence electrons. The van der Waals surface area contributed by atoms with Gasteiger partial charge in [-0.25, -0.2) is 9.59 Å². The number of hydrogen-bond acceptors (Lipinski definition) is 5. The number of ether oxygens (including phenoxy) is 2. The van der Waals surface area contributed by atoms with Crippen molar-refractivity contribution in [2.45, 2.75) is 32.3 Å². The fraction of sp³-hybridized carbons (Fsp3) is 0.464. The molecule has 3 aliphatic rings. The van der Waals surface area contributed by atoms with E-state index in [0.29, 0.717) is 19.6 Å². The molecule has 36 heavy (non-hydrogen) atoms. The first kappa shape index (κ1) is 24.2.